The number of hydrogen-bond acceptors (Lipinski definition) is 9. The first-order valence-electron chi connectivity index (χ1n) is 14.1. The zero-order valence-corrected chi connectivity index (χ0v) is 25.3. The van der Waals surface area contributed by atoms with Crippen molar-refractivity contribution in [1.29, 1.82) is 0 Å². The Kier molecular flexibility index (Phi) is 9.29. The third kappa shape index (κ3) is 6.66. The molecular formula is C31H36N8O3S. The quantitative estimate of drug-likeness (QED) is 0.148. The minimum atomic E-state index is -1.44. The summed E-state index contributed by atoms with van der Waals surface area (Å²) in [5.41, 5.74) is 12.6. The summed E-state index contributed by atoms with van der Waals surface area (Å²) in [4.78, 5) is 18.1. The first-order valence-corrected chi connectivity index (χ1v) is 15.2. The van der Waals surface area contributed by atoms with Gasteiger partial charge in [-0.05, 0) is 78.9 Å². The van der Waals surface area contributed by atoms with Gasteiger partial charge < -0.3 is 20.8 Å². The second-order valence-electron chi connectivity index (χ2n) is 10.4. The van der Waals surface area contributed by atoms with Crippen molar-refractivity contribution >= 4 is 34.1 Å². The molecule has 3 heterocycles. The molecule has 0 fully saturated rings. The summed E-state index contributed by atoms with van der Waals surface area (Å²) in [6, 6.07) is 17.0. The Balaban J connectivity index is 1.50. The maximum absolute atomic E-state index is 13.5. The molecule has 1 amide bonds. The Morgan fingerprint density at radius 2 is 1.98 bits per heavy atom. The Labute approximate surface area is 253 Å². The molecule has 1 aliphatic rings. The van der Waals surface area contributed by atoms with Crippen molar-refractivity contribution in [3.63, 3.8) is 0 Å². The third-order valence-electron chi connectivity index (χ3n) is 7.65. The summed E-state index contributed by atoms with van der Waals surface area (Å²) in [6.45, 7) is 7.81. The first-order chi connectivity index (χ1) is 20.8. The van der Waals surface area contributed by atoms with Gasteiger partial charge in [-0.1, -0.05) is 24.3 Å². The smallest absolute Gasteiger partial charge is 0.231 e. The molecule has 0 radical (unpaired) electrons. The van der Waals surface area contributed by atoms with E-state index in [9.17, 15) is 9.00 Å². The second-order valence-corrected chi connectivity index (χ2v) is 11.8. The maximum Gasteiger partial charge on any atom is 0.231 e. The molecule has 2 aromatic heterocycles. The summed E-state index contributed by atoms with van der Waals surface area (Å²) in [5, 5.41) is 12.3. The van der Waals surface area contributed by atoms with Gasteiger partial charge in [0.2, 0.25) is 11.8 Å². The van der Waals surface area contributed by atoms with Crippen LogP contribution in [0.25, 0.3) is 0 Å². The number of nitrogens with one attached hydrogen (secondary N) is 1. The molecule has 1 aliphatic heterocycles. The molecule has 5 rings (SSSR count). The molecule has 2 atom stereocenters. The molecule has 0 saturated carbocycles. The van der Waals surface area contributed by atoms with Crippen LogP contribution in [0.15, 0.2) is 71.9 Å². The molecule has 11 nitrogen and oxygen atoms in total. The van der Waals surface area contributed by atoms with Crippen LogP contribution in [0.4, 0.5) is 17.2 Å². The number of pyridine rings is 1. The number of hydrogen-bond donors (Lipinski definition) is 3. The van der Waals surface area contributed by atoms with Crippen LogP contribution in [0.5, 0.6) is 5.88 Å². The number of nitrogens with zero attached hydrogens (tertiary/aromatic N) is 5. The average molecular weight is 601 g/mol. The Hall–Kier alpha value is -4.39. The van der Waals surface area contributed by atoms with Crippen molar-refractivity contribution in [3.8, 4) is 5.88 Å². The number of rotatable bonds is 9. The molecule has 12 heteroatoms. The summed E-state index contributed by atoms with van der Waals surface area (Å²) in [7, 11) is -1.44. The number of aromatic nitrogens is 3. The number of ether oxygens (including phenoxy) is 1. The molecule has 224 valence electrons. The number of hydrazine groups is 1. The topological polar surface area (TPSA) is 153 Å². The van der Waals surface area contributed by atoms with E-state index in [1.165, 1.54) is 0 Å². The SMILES string of the molecule is CCN(N)c1ccc(C(CC(=O)Nc2cccnn2)c2ccc(C)c(CN3CCOc4ncccc4S3=O)c2)c(C)c1N. The number of benzene rings is 2. The van der Waals surface area contributed by atoms with Gasteiger partial charge in [0.05, 0.1) is 11.4 Å². The normalized spacial score (nSPS) is 15.6. The van der Waals surface area contributed by atoms with Crippen LogP contribution in [0.3, 0.4) is 0 Å². The van der Waals surface area contributed by atoms with E-state index < -0.39 is 11.0 Å². The van der Waals surface area contributed by atoms with Crippen molar-refractivity contribution in [2.75, 3.05) is 35.8 Å². The number of carbonyl (C=O) groups is 1. The molecule has 2 aromatic carbocycles. The van der Waals surface area contributed by atoms with Crippen LogP contribution >= 0.6 is 0 Å². The summed E-state index contributed by atoms with van der Waals surface area (Å²) in [5.74, 6) is 6.42. The van der Waals surface area contributed by atoms with E-state index >= 15 is 0 Å². The Morgan fingerprint density at radius 1 is 1.16 bits per heavy atom. The van der Waals surface area contributed by atoms with Crippen molar-refractivity contribution in [2.45, 2.75) is 44.6 Å². The molecule has 4 aromatic rings. The lowest BCUT2D eigenvalue weighted by molar-refractivity contribution is -0.116. The standard InChI is InChI=1S/C31H36N8O3S/c1-4-39(33)26-12-11-24(21(3)30(26)32)25(18-29(40)36-28-8-6-14-35-37-28)22-10-9-20(2)23(17-22)19-38-15-16-42-31-27(43(38)41)7-5-13-34-31/h5-14,17,25H,4,15-16,18-19,32-33H2,1-3H3,(H,36,37,40). The van der Waals surface area contributed by atoms with Gasteiger partial charge in [-0.3, -0.25) is 4.79 Å². The van der Waals surface area contributed by atoms with Crippen LogP contribution in [0.1, 0.15) is 47.1 Å². The van der Waals surface area contributed by atoms with Gasteiger partial charge in [-0.25, -0.2) is 19.3 Å². The minimum Gasteiger partial charge on any atom is -0.475 e. The van der Waals surface area contributed by atoms with Crippen molar-refractivity contribution in [2.24, 2.45) is 5.84 Å². The van der Waals surface area contributed by atoms with E-state index in [0.717, 1.165) is 33.5 Å². The monoisotopic (exact) mass is 600 g/mol. The fourth-order valence-corrected chi connectivity index (χ4v) is 6.40. The zero-order valence-electron chi connectivity index (χ0n) is 24.5. The van der Waals surface area contributed by atoms with Gasteiger partial charge in [0, 0.05) is 44.4 Å². The number of aryl methyl sites for hydroxylation is 1. The predicted octanol–water partition coefficient (Wildman–Crippen LogP) is 3.85. The Morgan fingerprint density at radius 3 is 2.74 bits per heavy atom. The van der Waals surface area contributed by atoms with E-state index in [0.29, 0.717) is 48.5 Å². The lowest BCUT2D eigenvalue weighted by atomic mass is 9.83. The molecule has 0 bridgehead atoms. The number of amides is 1. The highest BCUT2D eigenvalue weighted by molar-refractivity contribution is 7.82. The fraction of sp³-hybridized carbons (Fsp3) is 0.290. The van der Waals surface area contributed by atoms with Crippen molar-refractivity contribution < 1.29 is 13.7 Å². The number of nitrogens with two attached hydrogens (primary N) is 2. The van der Waals surface area contributed by atoms with E-state index in [4.69, 9.17) is 16.3 Å². The highest BCUT2D eigenvalue weighted by atomic mass is 32.2. The molecule has 0 aliphatic carbocycles. The number of anilines is 3. The highest BCUT2D eigenvalue weighted by Crippen LogP contribution is 2.37. The molecule has 5 N–H and O–H groups in total. The minimum absolute atomic E-state index is 0.140. The number of carbonyl (C=O) groups excluding carboxylic acids is 1. The molecule has 0 spiro atoms. The average Bonchev–Trinajstić information content (AvgIpc) is 3.17. The van der Waals surface area contributed by atoms with Crippen LogP contribution in [-0.2, 0) is 22.3 Å². The van der Waals surface area contributed by atoms with Gasteiger partial charge >= 0.3 is 0 Å². The lowest BCUT2D eigenvalue weighted by Crippen LogP contribution is -2.31. The summed E-state index contributed by atoms with van der Waals surface area (Å²) >= 11 is 0. The van der Waals surface area contributed by atoms with Gasteiger partial charge in [-0.2, -0.15) is 5.10 Å². The van der Waals surface area contributed by atoms with Crippen LogP contribution in [0.2, 0.25) is 0 Å². The summed E-state index contributed by atoms with van der Waals surface area (Å²) < 4.78 is 21.2. The number of fused-ring (bicyclic) bond motifs is 1. The van der Waals surface area contributed by atoms with Crippen molar-refractivity contribution in [3.05, 3.63) is 94.8 Å². The van der Waals surface area contributed by atoms with E-state index in [-0.39, 0.29) is 18.2 Å². The number of nitrogen functional groups attached to an aromatic ring is 1. The largest absolute Gasteiger partial charge is 0.475 e. The fourth-order valence-electron chi connectivity index (χ4n) is 5.17. The van der Waals surface area contributed by atoms with Gasteiger partial charge in [0.1, 0.15) is 22.5 Å². The maximum atomic E-state index is 13.5. The van der Waals surface area contributed by atoms with Crippen LogP contribution in [0, 0.1) is 13.8 Å². The van der Waals surface area contributed by atoms with E-state index in [1.54, 1.807) is 41.7 Å². The van der Waals surface area contributed by atoms with Gasteiger partial charge in [0.25, 0.3) is 0 Å². The van der Waals surface area contributed by atoms with Gasteiger partial charge in [0.15, 0.2) is 5.82 Å². The van der Waals surface area contributed by atoms with E-state index in [1.807, 2.05) is 49.3 Å². The lowest BCUT2D eigenvalue weighted by Gasteiger charge is -2.26. The molecule has 2 unspecified atom stereocenters. The highest BCUT2D eigenvalue weighted by Gasteiger charge is 2.27. The van der Waals surface area contributed by atoms with Crippen molar-refractivity contribution in [1.82, 2.24) is 19.5 Å². The first kappa shape index (κ1) is 30.1. The Bertz CT molecular complexity index is 1640. The zero-order chi connectivity index (χ0) is 30.5. The van der Waals surface area contributed by atoms with Gasteiger partial charge in [-0.15, -0.1) is 5.10 Å². The third-order valence-corrected chi connectivity index (χ3v) is 9.12. The summed E-state index contributed by atoms with van der Waals surface area (Å²) in [6.07, 6.45) is 3.32. The molecule has 0 saturated heterocycles. The van der Waals surface area contributed by atoms with E-state index in [2.05, 4.69) is 26.6 Å². The van der Waals surface area contributed by atoms with Crippen LogP contribution < -0.4 is 26.6 Å². The second kappa shape index (κ2) is 13.3. The van der Waals surface area contributed by atoms with Crippen LogP contribution in [-0.4, -0.2) is 49.3 Å². The molecule has 43 heavy (non-hydrogen) atoms. The molecular weight excluding hydrogens is 564 g/mol. The predicted molar refractivity (Wildman–Crippen MR) is 168 cm³/mol.